The summed E-state index contributed by atoms with van der Waals surface area (Å²) in [5.74, 6) is 0.0721. The van der Waals surface area contributed by atoms with E-state index in [0.29, 0.717) is 11.4 Å². The number of hydrogen-bond donors (Lipinski definition) is 2. The Morgan fingerprint density at radius 2 is 2.00 bits per heavy atom. The molecule has 0 radical (unpaired) electrons. The number of hydrogen-bond acceptors (Lipinski definition) is 7. The highest BCUT2D eigenvalue weighted by Gasteiger charge is 2.19. The van der Waals surface area contributed by atoms with Crippen molar-refractivity contribution < 1.29 is 19.1 Å². The molecule has 10 nitrogen and oxygen atoms in total. The largest absolute Gasteiger partial charge is 0.444 e. The summed E-state index contributed by atoms with van der Waals surface area (Å²) in [5, 5.41) is 10.2. The molecule has 2 amide bonds. The molecule has 2 aromatic heterocycles. The number of primary amides is 1. The van der Waals surface area contributed by atoms with Crippen LogP contribution in [-0.4, -0.2) is 37.8 Å². The van der Waals surface area contributed by atoms with Crippen LogP contribution in [0.3, 0.4) is 0 Å². The lowest BCUT2D eigenvalue weighted by Crippen LogP contribution is -2.27. The molecular weight excluding hydrogens is 316 g/mol. The first-order valence-corrected chi connectivity index (χ1v) is 6.99. The monoisotopic (exact) mass is 334 g/mol. The van der Waals surface area contributed by atoms with Crippen LogP contribution >= 0.6 is 0 Å². The average Bonchev–Trinajstić information content (AvgIpc) is 2.78. The molecule has 0 aliphatic heterocycles. The quantitative estimate of drug-likeness (QED) is 0.872. The Balaban J connectivity index is 2.16. The van der Waals surface area contributed by atoms with E-state index in [1.807, 2.05) is 0 Å². The topological polar surface area (TPSA) is 134 Å². The van der Waals surface area contributed by atoms with Crippen LogP contribution in [0.4, 0.5) is 15.3 Å². The molecule has 3 N–H and O–H groups in total. The predicted octanol–water partition coefficient (Wildman–Crippen LogP) is 1.68. The Morgan fingerprint density at radius 3 is 2.54 bits per heavy atom. The van der Waals surface area contributed by atoms with Gasteiger partial charge >= 0.3 is 12.2 Å². The predicted molar refractivity (Wildman–Crippen MR) is 84.3 cm³/mol. The van der Waals surface area contributed by atoms with E-state index in [-0.39, 0.29) is 11.6 Å². The highest BCUT2D eigenvalue weighted by molar-refractivity contribution is 5.84. The number of carbonyl (C=O) groups excluding carboxylic acids is 2. The number of nitrogens with zero attached hydrogens (tertiary/aromatic N) is 4. The van der Waals surface area contributed by atoms with Gasteiger partial charge in [0, 0.05) is 7.05 Å². The summed E-state index contributed by atoms with van der Waals surface area (Å²) >= 11 is 0. The molecule has 10 heteroatoms. The fraction of sp³-hybridized carbons (Fsp3) is 0.357. The van der Waals surface area contributed by atoms with Crippen LogP contribution in [0.5, 0.6) is 5.88 Å². The van der Waals surface area contributed by atoms with Gasteiger partial charge in [0.15, 0.2) is 5.69 Å². The van der Waals surface area contributed by atoms with Gasteiger partial charge in [-0.2, -0.15) is 0 Å². The summed E-state index contributed by atoms with van der Waals surface area (Å²) in [4.78, 5) is 26.8. The molecule has 0 unspecified atom stereocenters. The molecule has 0 spiro atoms. The second kappa shape index (κ2) is 6.52. The number of amides is 2. The first-order valence-electron chi connectivity index (χ1n) is 6.99. The van der Waals surface area contributed by atoms with Gasteiger partial charge in [-0.15, -0.1) is 5.10 Å². The van der Waals surface area contributed by atoms with E-state index in [0.717, 1.165) is 0 Å². The van der Waals surface area contributed by atoms with Crippen molar-refractivity contribution in [2.75, 3.05) is 5.32 Å². The lowest BCUT2D eigenvalue weighted by atomic mass is 10.2. The Hall–Kier alpha value is -3.17. The number of nitrogens with two attached hydrogens (primary N) is 1. The van der Waals surface area contributed by atoms with E-state index in [2.05, 4.69) is 20.6 Å². The van der Waals surface area contributed by atoms with Gasteiger partial charge in [-0.3, -0.25) is 10.3 Å². The van der Waals surface area contributed by atoms with Crippen molar-refractivity contribution in [2.45, 2.75) is 26.4 Å². The lowest BCUT2D eigenvalue weighted by molar-refractivity contribution is 0.0636. The van der Waals surface area contributed by atoms with Crippen LogP contribution in [-0.2, 0) is 11.8 Å². The summed E-state index contributed by atoms with van der Waals surface area (Å²) in [6.07, 6.45) is -0.152. The van der Waals surface area contributed by atoms with Crippen molar-refractivity contribution in [1.29, 1.82) is 0 Å². The Labute approximate surface area is 137 Å². The highest BCUT2D eigenvalue weighted by atomic mass is 16.6. The van der Waals surface area contributed by atoms with Crippen LogP contribution in [0, 0.1) is 0 Å². The number of ether oxygens (including phenoxy) is 2. The zero-order valence-electron chi connectivity index (χ0n) is 13.7. The smallest absolute Gasteiger partial charge is 0.412 e. The second-order valence-corrected chi connectivity index (χ2v) is 5.85. The third kappa shape index (κ3) is 4.41. The van der Waals surface area contributed by atoms with Crippen molar-refractivity contribution in [1.82, 2.24) is 20.0 Å². The minimum Gasteiger partial charge on any atom is -0.444 e. The van der Waals surface area contributed by atoms with Crippen molar-refractivity contribution in [3.63, 3.8) is 0 Å². The van der Waals surface area contributed by atoms with Gasteiger partial charge < -0.3 is 15.2 Å². The number of aryl methyl sites for hydroxylation is 1. The molecule has 0 fully saturated rings. The van der Waals surface area contributed by atoms with E-state index < -0.39 is 17.8 Å². The number of anilines is 1. The van der Waals surface area contributed by atoms with Crippen LogP contribution in [0.2, 0.25) is 0 Å². The van der Waals surface area contributed by atoms with Gasteiger partial charge in [-0.05, 0) is 32.9 Å². The summed E-state index contributed by atoms with van der Waals surface area (Å²) in [5.41, 5.74) is 5.50. The van der Waals surface area contributed by atoms with Crippen molar-refractivity contribution in [3.05, 3.63) is 18.3 Å². The van der Waals surface area contributed by atoms with Crippen LogP contribution in [0.25, 0.3) is 11.4 Å². The third-order valence-corrected chi connectivity index (χ3v) is 2.62. The van der Waals surface area contributed by atoms with E-state index in [1.165, 1.54) is 10.9 Å². The maximum Gasteiger partial charge on any atom is 0.412 e. The molecule has 128 valence electrons. The van der Waals surface area contributed by atoms with Gasteiger partial charge in [-0.1, -0.05) is 5.21 Å². The van der Waals surface area contributed by atoms with Crippen molar-refractivity contribution >= 4 is 17.9 Å². The number of pyridine rings is 1. The van der Waals surface area contributed by atoms with Crippen molar-refractivity contribution in [3.8, 4) is 17.3 Å². The normalized spacial score (nSPS) is 11.0. The van der Waals surface area contributed by atoms with Crippen LogP contribution < -0.4 is 15.8 Å². The van der Waals surface area contributed by atoms with E-state index in [9.17, 15) is 9.59 Å². The van der Waals surface area contributed by atoms with Crippen molar-refractivity contribution in [2.24, 2.45) is 12.8 Å². The summed E-state index contributed by atoms with van der Waals surface area (Å²) in [6, 6.07) is 3.19. The first kappa shape index (κ1) is 17.2. The molecular formula is C14H18N6O4. The maximum atomic E-state index is 11.7. The second-order valence-electron chi connectivity index (χ2n) is 5.85. The lowest BCUT2D eigenvalue weighted by Gasteiger charge is -2.19. The summed E-state index contributed by atoms with van der Waals surface area (Å²) in [6.45, 7) is 5.30. The van der Waals surface area contributed by atoms with E-state index in [1.54, 1.807) is 40.0 Å². The molecule has 0 aliphatic carbocycles. The summed E-state index contributed by atoms with van der Waals surface area (Å²) in [7, 11) is 1.55. The Kier molecular flexibility index (Phi) is 4.67. The van der Waals surface area contributed by atoms with Gasteiger partial charge in [-0.25, -0.2) is 14.3 Å². The molecule has 0 aliphatic rings. The standard InChI is InChI=1S/C14H18N6O4/c1-14(2,3)24-13(22)17-8-5-6-9(16-7-8)10-11(23-12(15)21)20(4)19-18-10/h5-7H,1-4H3,(H2,15,21)(H,17,22). The Bertz CT molecular complexity index is 748. The molecule has 0 atom stereocenters. The third-order valence-electron chi connectivity index (χ3n) is 2.62. The van der Waals surface area contributed by atoms with Gasteiger partial charge in [0.25, 0.3) is 5.88 Å². The molecule has 0 aromatic carbocycles. The zero-order chi connectivity index (χ0) is 17.9. The highest BCUT2D eigenvalue weighted by Crippen LogP contribution is 2.26. The fourth-order valence-electron chi connectivity index (χ4n) is 1.75. The molecule has 0 saturated carbocycles. The zero-order valence-corrected chi connectivity index (χ0v) is 13.7. The number of rotatable bonds is 3. The molecule has 24 heavy (non-hydrogen) atoms. The minimum atomic E-state index is -0.982. The molecule has 2 heterocycles. The van der Waals surface area contributed by atoms with E-state index in [4.69, 9.17) is 15.2 Å². The van der Waals surface area contributed by atoms with Crippen LogP contribution in [0.1, 0.15) is 20.8 Å². The fourth-order valence-corrected chi connectivity index (χ4v) is 1.75. The number of carbonyl (C=O) groups is 2. The molecule has 0 bridgehead atoms. The Morgan fingerprint density at radius 1 is 1.29 bits per heavy atom. The molecule has 2 rings (SSSR count). The van der Waals surface area contributed by atoms with Crippen LogP contribution in [0.15, 0.2) is 18.3 Å². The number of nitrogens with one attached hydrogen (secondary N) is 1. The minimum absolute atomic E-state index is 0.0721. The summed E-state index contributed by atoms with van der Waals surface area (Å²) < 4.78 is 11.3. The maximum absolute atomic E-state index is 11.7. The van der Waals surface area contributed by atoms with Gasteiger partial charge in [0.2, 0.25) is 0 Å². The first-order chi connectivity index (χ1) is 11.2. The average molecular weight is 334 g/mol. The number of aromatic nitrogens is 4. The van der Waals surface area contributed by atoms with Gasteiger partial charge in [0.05, 0.1) is 17.6 Å². The molecule has 0 saturated heterocycles. The van der Waals surface area contributed by atoms with Gasteiger partial charge in [0.1, 0.15) is 5.60 Å². The SMILES string of the molecule is Cn1nnc(-c2ccc(NC(=O)OC(C)(C)C)cn2)c1OC(N)=O. The van der Waals surface area contributed by atoms with E-state index >= 15 is 0 Å². The molecule has 2 aromatic rings.